The van der Waals surface area contributed by atoms with Gasteiger partial charge < -0.3 is 14.9 Å². The summed E-state index contributed by atoms with van der Waals surface area (Å²) in [5, 5.41) is 22.6. The standard InChI is InChI=1S/C14H14BrN5O2/c1-9-7-18(2-3-19(9)14(21)22)12-4-11(15)8-20-13(12)10(5-16)6-17-20/h4,6,8-9H,2-3,7H2,1H3,(H,21,22). The molecule has 0 radical (unpaired) electrons. The number of aromatic nitrogens is 2. The molecule has 7 nitrogen and oxygen atoms in total. The van der Waals surface area contributed by atoms with E-state index in [9.17, 15) is 15.2 Å². The van der Waals surface area contributed by atoms with E-state index in [1.807, 2.05) is 13.0 Å². The van der Waals surface area contributed by atoms with Crippen LogP contribution in [0.15, 0.2) is 22.9 Å². The number of fused-ring (bicyclic) bond motifs is 1. The van der Waals surface area contributed by atoms with E-state index in [0.29, 0.717) is 25.2 Å². The number of pyridine rings is 1. The number of amides is 1. The molecule has 1 fully saturated rings. The zero-order valence-electron chi connectivity index (χ0n) is 11.9. The van der Waals surface area contributed by atoms with E-state index in [0.717, 1.165) is 15.7 Å². The fourth-order valence-electron chi connectivity index (χ4n) is 2.85. The Balaban J connectivity index is 2.02. The van der Waals surface area contributed by atoms with Gasteiger partial charge >= 0.3 is 6.09 Å². The van der Waals surface area contributed by atoms with Gasteiger partial charge in [0.05, 0.1) is 17.4 Å². The highest BCUT2D eigenvalue weighted by molar-refractivity contribution is 9.10. The summed E-state index contributed by atoms with van der Waals surface area (Å²) in [5.74, 6) is 0. The van der Waals surface area contributed by atoms with Crippen LogP contribution in [0.4, 0.5) is 10.5 Å². The third-order valence-electron chi connectivity index (χ3n) is 3.89. The molecular formula is C14H14BrN5O2. The van der Waals surface area contributed by atoms with Gasteiger partial charge in [0.2, 0.25) is 0 Å². The molecule has 0 saturated carbocycles. The third kappa shape index (κ3) is 2.37. The Hall–Kier alpha value is -2.27. The fourth-order valence-corrected chi connectivity index (χ4v) is 3.26. The minimum absolute atomic E-state index is 0.112. The van der Waals surface area contributed by atoms with Gasteiger partial charge in [-0.1, -0.05) is 0 Å². The van der Waals surface area contributed by atoms with Crippen molar-refractivity contribution in [1.82, 2.24) is 14.5 Å². The van der Waals surface area contributed by atoms with Gasteiger partial charge in [-0.05, 0) is 28.9 Å². The number of carboxylic acid groups (broad SMARTS) is 1. The van der Waals surface area contributed by atoms with Crippen LogP contribution in [-0.2, 0) is 0 Å². The molecule has 1 aliphatic rings. The zero-order chi connectivity index (χ0) is 15.9. The number of nitriles is 1. The van der Waals surface area contributed by atoms with Crippen LogP contribution in [0.2, 0.25) is 0 Å². The molecule has 0 aliphatic carbocycles. The van der Waals surface area contributed by atoms with E-state index >= 15 is 0 Å². The van der Waals surface area contributed by atoms with Gasteiger partial charge in [-0.2, -0.15) is 10.4 Å². The fraction of sp³-hybridized carbons (Fsp3) is 0.357. The molecule has 2 aromatic heterocycles. The highest BCUT2D eigenvalue weighted by Crippen LogP contribution is 2.30. The molecule has 1 aliphatic heterocycles. The van der Waals surface area contributed by atoms with E-state index in [1.54, 1.807) is 16.9 Å². The van der Waals surface area contributed by atoms with Crippen molar-refractivity contribution >= 4 is 33.2 Å². The van der Waals surface area contributed by atoms with Gasteiger partial charge in [0.1, 0.15) is 11.6 Å². The first kappa shape index (κ1) is 14.7. The molecule has 8 heteroatoms. The van der Waals surface area contributed by atoms with Crippen molar-refractivity contribution in [3.63, 3.8) is 0 Å². The first-order chi connectivity index (χ1) is 10.5. The monoisotopic (exact) mass is 363 g/mol. The lowest BCUT2D eigenvalue weighted by Crippen LogP contribution is -2.53. The SMILES string of the molecule is CC1CN(c2cc(Br)cn3ncc(C#N)c23)CCN1C(=O)O. The number of piperazine rings is 1. The van der Waals surface area contributed by atoms with Crippen LogP contribution in [0.5, 0.6) is 0 Å². The van der Waals surface area contributed by atoms with Crippen molar-refractivity contribution in [1.29, 1.82) is 5.26 Å². The van der Waals surface area contributed by atoms with Crippen LogP contribution in [0, 0.1) is 11.3 Å². The third-order valence-corrected chi connectivity index (χ3v) is 4.33. The van der Waals surface area contributed by atoms with Crippen LogP contribution in [0.3, 0.4) is 0 Å². The average Bonchev–Trinajstić information content (AvgIpc) is 2.88. The second-order valence-electron chi connectivity index (χ2n) is 5.28. The predicted octanol–water partition coefficient (Wildman–Crippen LogP) is 2.16. The summed E-state index contributed by atoms with van der Waals surface area (Å²) in [5.41, 5.74) is 2.15. The van der Waals surface area contributed by atoms with E-state index in [4.69, 9.17) is 0 Å². The van der Waals surface area contributed by atoms with E-state index in [-0.39, 0.29) is 6.04 Å². The first-order valence-electron chi connectivity index (χ1n) is 6.82. The summed E-state index contributed by atoms with van der Waals surface area (Å²) in [4.78, 5) is 14.7. The first-order valence-corrected chi connectivity index (χ1v) is 7.62. The minimum Gasteiger partial charge on any atom is -0.465 e. The minimum atomic E-state index is -0.895. The Labute approximate surface area is 135 Å². The largest absolute Gasteiger partial charge is 0.465 e. The quantitative estimate of drug-likeness (QED) is 0.838. The Bertz CT molecular complexity index is 781. The lowest BCUT2D eigenvalue weighted by atomic mass is 10.1. The number of hydrogen-bond acceptors (Lipinski definition) is 4. The second kappa shape index (κ2) is 5.50. The Morgan fingerprint density at radius 1 is 1.55 bits per heavy atom. The van der Waals surface area contributed by atoms with E-state index < -0.39 is 6.09 Å². The van der Waals surface area contributed by atoms with Gasteiger partial charge in [-0.15, -0.1) is 0 Å². The second-order valence-corrected chi connectivity index (χ2v) is 6.19. The zero-order valence-corrected chi connectivity index (χ0v) is 13.5. The lowest BCUT2D eigenvalue weighted by Gasteiger charge is -2.39. The highest BCUT2D eigenvalue weighted by Gasteiger charge is 2.28. The van der Waals surface area contributed by atoms with Crippen molar-refractivity contribution in [2.45, 2.75) is 13.0 Å². The van der Waals surface area contributed by atoms with Crippen molar-refractivity contribution in [3.8, 4) is 6.07 Å². The topological polar surface area (TPSA) is 84.9 Å². The number of hydrogen-bond donors (Lipinski definition) is 1. The molecule has 0 spiro atoms. The maximum Gasteiger partial charge on any atom is 0.407 e. The Kier molecular flexibility index (Phi) is 3.66. The molecule has 1 atom stereocenters. The number of carbonyl (C=O) groups is 1. The number of anilines is 1. The van der Waals surface area contributed by atoms with Crippen molar-refractivity contribution in [2.24, 2.45) is 0 Å². The molecule has 1 unspecified atom stereocenters. The average molecular weight is 364 g/mol. The number of rotatable bonds is 1. The van der Waals surface area contributed by atoms with Crippen LogP contribution in [-0.4, -0.2) is 51.4 Å². The maximum atomic E-state index is 11.2. The molecule has 3 heterocycles. The van der Waals surface area contributed by atoms with Crippen LogP contribution in [0.25, 0.3) is 5.52 Å². The van der Waals surface area contributed by atoms with E-state index in [1.165, 1.54) is 4.90 Å². The summed E-state index contributed by atoms with van der Waals surface area (Å²) in [6.45, 7) is 3.48. The smallest absolute Gasteiger partial charge is 0.407 e. The van der Waals surface area contributed by atoms with Gasteiger partial charge in [0.25, 0.3) is 0 Å². The highest BCUT2D eigenvalue weighted by atomic mass is 79.9. The summed E-state index contributed by atoms with van der Waals surface area (Å²) in [6.07, 6.45) is 2.45. The van der Waals surface area contributed by atoms with Crippen molar-refractivity contribution in [2.75, 3.05) is 24.5 Å². The van der Waals surface area contributed by atoms with Crippen LogP contribution in [0.1, 0.15) is 12.5 Å². The predicted molar refractivity (Wildman–Crippen MR) is 84.0 cm³/mol. The number of nitrogens with zero attached hydrogens (tertiary/aromatic N) is 5. The molecule has 2 aromatic rings. The van der Waals surface area contributed by atoms with Crippen molar-refractivity contribution in [3.05, 3.63) is 28.5 Å². The molecule has 1 saturated heterocycles. The molecule has 0 aromatic carbocycles. The summed E-state index contributed by atoms with van der Waals surface area (Å²) >= 11 is 3.46. The molecule has 22 heavy (non-hydrogen) atoms. The Morgan fingerprint density at radius 3 is 2.95 bits per heavy atom. The van der Waals surface area contributed by atoms with Gasteiger partial charge in [-0.25, -0.2) is 9.31 Å². The molecule has 3 rings (SSSR count). The summed E-state index contributed by atoms with van der Waals surface area (Å²) in [7, 11) is 0. The maximum absolute atomic E-state index is 11.2. The van der Waals surface area contributed by atoms with Gasteiger partial charge in [-0.3, -0.25) is 0 Å². The van der Waals surface area contributed by atoms with E-state index in [2.05, 4.69) is 32.0 Å². The van der Waals surface area contributed by atoms with Crippen LogP contribution < -0.4 is 4.90 Å². The Morgan fingerprint density at radius 2 is 2.32 bits per heavy atom. The summed E-state index contributed by atoms with van der Waals surface area (Å²) < 4.78 is 2.53. The molecule has 114 valence electrons. The normalized spacial score (nSPS) is 18.5. The molecule has 1 amide bonds. The molecule has 1 N–H and O–H groups in total. The molecule has 0 bridgehead atoms. The number of halogens is 1. The van der Waals surface area contributed by atoms with Gasteiger partial charge in [0, 0.05) is 36.3 Å². The van der Waals surface area contributed by atoms with Crippen molar-refractivity contribution < 1.29 is 9.90 Å². The molecular weight excluding hydrogens is 350 g/mol. The van der Waals surface area contributed by atoms with Crippen LogP contribution >= 0.6 is 15.9 Å². The lowest BCUT2D eigenvalue weighted by molar-refractivity contribution is 0.123. The van der Waals surface area contributed by atoms with Gasteiger partial charge in [0.15, 0.2) is 0 Å². The summed E-state index contributed by atoms with van der Waals surface area (Å²) in [6, 6.07) is 3.99.